The lowest BCUT2D eigenvalue weighted by atomic mass is 10.1. The average Bonchev–Trinajstić information content (AvgIpc) is 3.13. The van der Waals surface area contributed by atoms with E-state index in [0.29, 0.717) is 6.54 Å². The van der Waals surface area contributed by atoms with Crippen molar-refractivity contribution in [1.29, 1.82) is 0 Å². The molecular weight excluding hydrogens is 358 g/mol. The fraction of sp³-hybridized carbons (Fsp3) is 0.238. The van der Waals surface area contributed by atoms with Gasteiger partial charge in [-0.2, -0.15) is 0 Å². The van der Waals surface area contributed by atoms with Gasteiger partial charge in [0.1, 0.15) is 11.8 Å². The molecule has 1 amide bonds. The second-order valence-corrected chi connectivity index (χ2v) is 7.33. The summed E-state index contributed by atoms with van der Waals surface area (Å²) in [7, 11) is 1.63. The number of hydrogen-bond donors (Lipinski definition) is 2. The van der Waals surface area contributed by atoms with E-state index in [2.05, 4.69) is 15.6 Å². The van der Waals surface area contributed by atoms with Crippen LogP contribution in [-0.2, 0) is 11.3 Å². The van der Waals surface area contributed by atoms with Gasteiger partial charge in [-0.05, 0) is 43.7 Å². The van der Waals surface area contributed by atoms with Crippen LogP contribution in [0.2, 0.25) is 0 Å². The van der Waals surface area contributed by atoms with Crippen LogP contribution in [0.25, 0.3) is 11.3 Å². The normalized spacial score (nSPS) is 11.7. The first-order valence-corrected chi connectivity index (χ1v) is 9.63. The van der Waals surface area contributed by atoms with Gasteiger partial charge in [-0.15, -0.1) is 11.3 Å². The van der Waals surface area contributed by atoms with Crippen molar-refractivity contribution < 1.29 is 9.53 Å². The van der Waals surface area contributed by atoms with Gasteiger partial charge < -0.3 is 15.4 Å². The molecule has 2 aromatic carbocycles. The quantitative estimate of drug-likeness (QED) is 0.642. The van der Waals surface area contributed by atoms with E-state index in [1.807, 2.05) is 67.8 Å². The van der Waals surface area contributed by atoms with Gasteiger partial charge in [0.05, 0.1) is 17.8 Å². The average molecular weight is 382 g/mol. The summed E-state index contributed by atoms with van der Waals surface area (Å²) in [5.74, 6) is 0.746. The van der Waals surface area contributed by atoms with Gasteiger partial charge in [0.2, 0.25) is 5.91 Å². The topological polar surface area (TPSA) is 63.2 Å². The number of methoxy groups -OCH3 is 1. The Bertz CT molecular complexity index is 906. The van der Waals surface area contributed by atoms with Crippen LogP contribution in [-0.4, -0.2) is 24.0 Å². The summed E-state index contributed by atoms with van der Waals surface area (Å²) in [6.07, 6.45) is 0. The molecule has 6 heteroatoms. The number of carbonyl (C=O) groups excluding carboxylic acids is 1. The van der Waals surface area contributed by atoms with Crippen LogP contribution in [0.15, 0.2) is 53.9 Å². The Kier molecular flexibility index (Phi) is 6.08. The molecular formula is C21H23N3O2S. The van der Waals surface area contributed by atoms with Crippen molar-refractivity contribution in [2.75, 3.05) is 12.4 Å². The third kappa shape index (κ3) is 5.08. The van der Waals surface area contributed by atoms with Crippen LogP contribution in [0.3, 0.4) is 0 Å². The molecule has 27 heavy (non-hydrogen) atoms. The maximum Gasteiger partial charge on any atom is 0.242 e. The molecule has 0 fully saturated rings. The molecule has 0 aliphatic rings. The summed E-state index contributed by atoms with van der Waals surface area (Å²) < 4.78 is 5.14. The number of thiazole rings is 1. The van der Waals surface area contributed by atoms with E-state index in [0.717, 1.165) is 33.3 Å². The number of rotatable bonds is 7. The molecule has 0 saturated carbocycles. The lowest BCUT2D eigenvalue weighted by molar-refractivity contribution is -0.121. The first kappa shape index (κ1) is 18.9. The molecule has 1 heterocycles. The van der Waals surface area contributed by atoms with Crippen LogP contribution >= 0.6 is 11.3 Å². The summed E-state index contributed by atoms with van der Waals surface area (Å²) in [5, 5.41) is 9.29. The summed E-state index contributed by atoms with van der Waals surface area (Å²) in [6.45, 7) is 4.32. The smallest absolute Gasteiger partial charge is 0.242 e. The van der Waals surface area contributed by atoms with Gasteiger partial charge in [0.25, 0.3) is 0 Å². The second-order valence-electron chi connectivity index (χ2n) is 6.26. The fourth-order valence-electron chi connectivity index (χ4n) is 2.67. The molecule has 1 unspecified atom stereocenters. The maximum atomic E-state index is 12.4. The van der Waals surface area contributed by atoms with Crippen LogP contribution < -0.4 is 15.4 Å². The minimum atomic E-state index is -0.351. The lowest BCUT2D eigenvalue weighted by Gasteiger charge is -2.16. The van der Waals surface area contributed by atoms with Gasteiger partial charge in [-0.3, -0.25) is 4.79 Å². The van der Waals surface area contributed by atoms with Crippen molar-refractivity contribution >= 4 is 22.9 Å². The van der Waals surface area contributed by atoms with E-state index < -0.39 is 0 Å². The third-order valence-electron chi connectivity index (χ3n) is 4.18. The van der Waals surface area contributed by atoms with E-state index >= 15 is 0 Å². The highest BCUT2D eigenvalue weighted by Gasteiger charge is 2.13. The van der Waals surface area contributed by atoms with Crippen molar-refractivity contribution in [3.8, 4) is 17.0 Å². The van der Waals surface area contributed by atoms with E-state index in [-0.39, 0.29) is 11.9 Å². The Morgan fingerprint density at radius 2 is 2.00 bits per heavy atom. The van der Waals surface area contributed by atoms with Gasteiger partial charge in [-0.25, -0.2) is 4.98 Å². The SMILES string of the molecule is COc1ccc(CNC(=O)C(C)Nc2cccc(-c3csc(C)n3)c2)cc1. The largest absolute Gasteiger partial charge is 0.497 e. The highest BCUT2D eigenvalue weighted by Crippen LogP contribution is 2.24. The second kappa shape index (κ2) is 8.68. The number of anilines is 1. The van der Waals surface area contributed by atoms with Gasteiger partial charge in [0, 0.05) is 23.2 Å². The zero-order valence-electron chi connectivity index (χ0n) is 15.7. The molecule has 0 saturated heterocycles. The summed E-state index contributed by atoms with van der Waals surface area (Å²) in [5.41, 5.74) is 3.91. The predicted octanol–water partition coefficient (Wildman–Crippen LogP) is 4.24. The van der Waals surface area contributed by atoms with Gasteiger partial charge in [0.15, 0.2) is 0 Å². The van der Waals surface area contributed by atoms with Crippen molar-refractivity contribution in [2.45, 2.75) is 26.4 Å². The van der Waals surface area contributed by atoms with Crippen molar-refractivity contribution in [3.63, 3.8) is 0 Å². The van der Waals surface area contributed by atoms with Crippen LogP contribution in [0.1, 0.15) is 17.5 Å². The Labute approximate surface area is 163 Å². The maximum absolute atomic E-state index is 12.4. The van der Waals surface area contributed by atoms with Gasteiger partial charge in [-0.1, -0.05) is 24.3 Å². The number of carbonyl (C=O) groups is 1. The summed E-state index contributed by atoms with van der Waals surface area (Å²) in [6, 6.07) is 15.3. The molecule has 3 aromatic rings. The molecule has 2 N–H and O–H groups in total. The summed E-state index contributed by atoms with van der Waals surface area (Å²) >= 11 is 1.63. The van der Waals surface area contributed by atoms with Crippen LogP contribution in [0, 0.1) is 6.92 Å². The zero-order valence-corrected chi connectivity index (χ0v) is 16.5. The van der Waals surface area contributed by atoms with Crippen molar-refractivity contribution in [2.24, 2.45) is 0 Å². The van der Waals surface area contributed by atoms with Crippen molar-refractivity contribution in [3.05, 3.63) is 64.5 Å². The molecule has 1 aromatic heterocycles. The first-order valence-electron chi connectivity index (χ1n) is 8.75. The number of benzene rings is 2. The molecule has 0 aliphatic heterocycles. The number of nitrogens with zero attached hydrogens (tertiary/aromatic N) is 1. The van der Waals surface area contributed by atoms with E-state index in [9.17, 15) is 4.79 Å². The minimum Gasteiger partial charge on any atom is -0.497 e. The Morgan fingerprint density at radius 3 is 2.67 bits per heavy atom. The molecule has 140 valence electrons. The first-order chi connectivity index (χ1) is 13.0. The standard InChI is InChI=1S/C21H23N3O2S/c1-14(21(25)22-12-16-7-9-19(26-3)10-8-16)23-18-6-4-5-17(11-18)20-13-27-15(2)24-20/h4-11,13-14,23H,12H2,1-3H3,(H,22,25). The van der Waals surface area contributed by atoms with E-state index in [4.69, 9.17) is 4.74 Å². The Balaban J connectivity index is 1.57. The van der Waals surface area contributed by atoms with E-state index in [1.54, 1.807) is 18.4 Å². The minimum absolute atomic E-state index is 0.0549. The molecule has 0 aliphatic carbocycles. The Morgan fingerprint density at radius 1 is 1.22 bits per heavy atom. The molecule has 1 atom stereocenters. The molecule has 0 bridgehead atoms. The van der Waals surface area contributed by atoms with Crippen molar-refractivity contribution in [1.82, 2.24) is 10.3 Å². The van der Waals surface area contributed by atoms with E-state index in [1.165, 1.54) is 0 Å². The zero-order chi connectivity index (χ0) is 19.2. The molecule has 3 rings (SSSR count). The number of aryl methyl sites for hydroxylation is 1. The number of aromatic nitrogens is 1. The number of ether oxygens (including phenoxy) is 1. The van der Waals surface area contributed by atoms with Crippen LogP contribution in [0.5, 0.6) is 5.75 Å². The van der Waals surface area contributed by atoms with Crippen LogP contribution in [0.4, 0.5) is 5.69 Å². The molecule has 0 spiro atoms. The lowest BCUT2D eigenvalue weighted by Crippen LogP contribution is -2.37. The number of hydrogen-bond acceptors (Lipinski definition) is 5. The number of amides is 1. The highest BCUT2D eigenvalue weighted by atomic mass is 32.1. The fourth-order valence-corrected chi connectivity index (χ4v) is 3.29. The third-order valence-corrected chi connectivity index (χ3v) is 4.95. The highest BCUT2D eigenvalue weighted by molar-refractivity contribution is 7.09. The molecule has 0 radical (unpaired) electrons. The predicted molar refractivity (Wildman–Crippen MR) is 110 cm³/mol. The number of nitrogens with one attached hydrogen (secondary N) is 2. The van der Waals surface area contributed by atoms with Gasteiger partial charge >= 0.3 is 0 Å². The Hall–Kier alpha value is -2.86. The summed E-state index contributed by atoms with van der Waals surface area (Å²) in [4.78, 5) is 16.9. The molecule has 5 nitrogen and oxygen atoms in total. The monoisotopic (exact) mass is 381 g/mol.